The molecule has 0 bridgehead atoms. The van der Waals surface area contributed by atoms with Crippen molar-refractivity contribution in [1.82, 2.24) is 19.5 Å². The molecule has 0 spiro atoms. The van der Waals surface area contributed by atoms with Gasteiger partial charge in [-0.3, -0.25) is 4.57 Å². The van der Waals surface area contributed by atoms with Crippen LogP contribution in [0.5, 0.6) is 0 Å². The lowest BCUT2D eigenvalue weighted by Crippen LogP contribution is -2.36. The second kappa shape index (κ2) is 5.38. The Kier molecular flexibility index (Phi) is 3.44. The van der Waals surface area contributed by atoms with E-state index in [9.17, 15) is 15.3 Å². The first-order chi connectivity index (χ1) is 12.9. The van der Waals surface area contributed by atoms with E-state index in [-0.39, 0.29) is 6.61 Å². The van der Waals surface area contributed by atoms with Crippen molar-refractivity contribution in [2.75, 3.05) is 11.9 Å². The van der Waals surface area contributed by atoms with Gasteiger partial charge in [0.1, 0.15) is 23.6 Å². The van der Waals surface area contributed by atoms with E-state index in [1.54, 1.807) is 24.7 Å². The van der Waals surface area contributed by atoms with Crippen molar-refractivity contribution in [2.24, 2.45) is 5.41 Å². The fraction of sp³-hybridized carbons (Fsp3) is 0.722. The molecule has 1 aliphatic heterocycles. The molecule has 4 N–H and O–H groups in total. The van der Waals surface area contributed by atoms with Crippen LogP contribution >= 0.6 is 0 Å². The van der Waals surface area contributed by atoms with Crippen LogP contribution in [0.15, 0.2) is 12.7 Å². The summed E-state index contributed by atoms with van der Waals surface area (Å²) in [7, 11) is 0. The number of nitrogens with zero attached hydrogens (tertiary/aromatic N) is 4. The fourth-order valence-electron chi connectivity index (χ4n) is 5.23. The maximum Gasteiger partial charge on any atom is 0.169 e. The molecule has 3 heterocycles. The minimum Gasteiger partial charge on any atom is -0.394 e. The average Bonchev–Trinajstić information content (AvgIpc) is 3.23. The molecule has 3 aliphatic rings. The van der Waals surface area contributed by atoms with Gasteiger partial charge in [-0.05, 0) is 12.8 Å². The Morgan fingerprint density at radius 2 is 1.93 bits per heavy atom. The number of hydrogen-bond donors (Lipinski definition) is 4. The van der Waals surface area contributed by atoms with E-state index < -0.39 is 28.9 Å². The Bertz CT molecular complexity index is 895. The molecular weight excluding hydrogens is 350 g/mol. The molecule has 0 radical (unpaired) electrons. The largest absolute Gasteiger partial charge is 0.394 e. The van der Waals surface area contributed by atoms with E-state index >= 15 is 0 Å². The molecule has 0 unspecified atom stereocenters. The number of aromatic nitrogens is 4. The number of ether oxygens (including phenoxy) is 1. The van der Waals surface area contributed by atoms with Crippen LogP contribution in [0, 0.1) is 5.41 Å². The smallest absolute Gasteiger partial charge is 0.169 e. The molecule has 4 atom stereocenters. The molecule has 2 aromatic rings. The van der Waals surface area contributed by atoms with Gasteiger partial charge in [0.15, 0.2) is 23.2 Å². The molecule has 1 saturated heterocycles. The van der Waals surface area contributed by atoms with Crippen LogP contribution in [-0.4, -0.2) is 64.8 Å². The fourth-order valence-corrected chi connectivity index (χ4v) is 5.23. The van der Waals surface area contributed by atoms with Gasteiger partial charge in [0.2, 0.25) is 0 Å². The average molecular weight is 375 g/mol. The Morgan fingerprint density at radius 1 is 1.19 bits per heavy atom. The van der Waals surface area contributed by atoms with Crippen LogP contribution in [0.3, 0.4) is 0 Å². The lowest BCUT2D eigenvalue weighted by molar-refractivity contribution is -0.123. The Morgan fingerprint density at radius 3 is 2.59 bits per heavy atom. The molecule has 9 heteroatoms. The highest BCUT2D eigenvalue weighted by molar-refractivity contribution is 5.83. The van der Waals surface area contributed by atoms with Gasteiger partial charge in [0.25, 0.3) is 0 Å². The highest BCUT2D eigenvalue weighted by Gasteiger charge is 2.92. The van der Waals surface area contributed by atoms with E-state index in [1.165, 1.54) is 19.2 Å². The SMILES string of the molecule is CC1(C)[C@]2(O)[C@@H](CO)O[C@@H](n3cnc4c(NC5CCCC5)ncnc43)[C@]12O. The number of anilines is 1. The summed E-state index contributed by atoms with van der Waals surface area (Å²) in [4.78, 5) is 13.1. The standard InChI is InChI=1S/C18H25N5O4/c1-16(2)17(25)11(7-24)27-15(18(16,17)26)23-9-21-12-13(19-8-20-14(12)23)22-10-5-3-4-6-10/h8-11,15,24-26H,3-7H2,1-2H3,(H,19,20,22)/t11-,15-,17-,18+/m1/s1. The lowest BCUT2D eigenvalue weighted by atomic mass is 10.0. The van der Waals surface area contributed by atoms with Crippen molar-refractivity contribution in [2.45, 2.75) is 69.1 Å². The van der Waals surface area contributed by atoms with Crippen LogP contribution in [0.1, 0.15) is 45.8 Å². The van der Waals surface area contributed by atoms with Crippen molar-refractivity contribution < 1.29 is 20.1 Å². The monoisotopic (exact) mass is 375 g/mol. The number of rotatable bonds is 4. The predicted molar refractivity (Wildman–Crippen MR) is 95.9 cm³/mol. The van der Waals surface area contributed by atoms with Gasteiger partial charge in [-0.2, -0.15) is 0 Å². The third-order valence-electron chi connectivity index (χ3n) is 7.01. The summed E-state index contributed by atoms with van der Waals surface area (Å²) in [5.41, 5.74) is -2.76. The molecule has 2 saturated carbocycles. The lowest BCUT2D eigenvalue weighted by Gasteiger charge is -2.26. The molecule has 2 aromatic heterocycles. The first-order valence-electron chi connectivity index (χ1n) is 9.51. The van der Waals surface area contributed by atoms with Gasteiger partial charge in [-0.25, -0.2) is 15.0 Å². The molecule has 3 fully saturated rings. The molecule has 5 rings (SSSR count). The summed E-state index contributed by atoms with van der Waals surface area (Å²) in [6.45, 7) is 3.16. The summed E-state index contributed by atoms with van der Waals surface area (Å²) in [5.74, 6) is 0.666. The molecule has 9 nitrogen and oxygen atoms in total. The third-order valence-corrected chi connectivity index (χ3v) is 7.01. The minimum atomic E-state index is -1.54. The zero-order chi connectivity index (χ0) is 19.0. The number of aliphatic hydroxyl groups excluding tert-OH is 1. The van der Waals surface area contributed by atoms with Gasteiger partial charge in [-0.1, -0.05) is 26.7 Å². The second-order valence-electron chi connectivity index (χ2n) is 8.49. The number of aliphatic hydroxyl groups is 3. The number of imidazole rings is 1. The Labute approximate surface area is 156 Å². The zero-order valence-electron chi connectivity index (χ0n) is 15.5. The van der Waals surface area contributed by atoms with Crippen molar-refractivity contribution in [3.05, 3.63) is 12.7 Å². The molecule has 146 valence electrons. The van der Waals surface area contributed by atoms with Gasteiger partial charge < -0.3 is 25.4 Å². The molecule has 0 aromatic carbocycles. The molecular formula is C18H25N5O4. The normalized spacial score (nSPS) is 37.7. The Hall–Kier alpha value is -1.81. The first-order valence-corrected chi connectivity index (χ1v) is 9.51. The zero-order valence-corrected chi connectivity index (χ0v) is 15.5. The van der Waals surface area contributed by atoms with Crippen LogP contribution in [0.25, 0.3) is 11.2 Å². The van der Waals surface area contributed by atoms with Gasteiger partial charge >= 0.3 is 0 Å². The van der Waals surface area contributed by atoms with Crippen LogP contribution in [0.4, 0.5) is 5.82 Å². The Balaban J connectivity index is 1.55. The highest BCUT2D eigenvalue weighted by Crippen LogP contribution is 2.75. The van der Waals surface area contributed by atoms with E-state index in [0.717, 1.165) is 12.8 Å². The quantitative estimate of drug-likeness (QED) is 0.611. The topological polar surface area (TPSA) is 126 Å². The first kappa shape index (κ1) is 17.3. The van der Waals surface area contributed by atoms with Crippen molar-refractivity contribution >= 4 is 17.0 Å². The van der Waals surface area contributed by atoms with Crippen LogP contribution in [-0.2, 0) is 4.74 Å². The summed E-state index contributed by atoms with van der Waals surface area (Å²) >= 11 is 0. The maximum absolute atomic E-state index is 11.3. The maximum atomic E-state index is 11.3. The number of fused-ring (bicyclic) bond motifs is 2. The molecule has 0 amide bonds. The number of hydrogen-bond acceptors (Lipinski definition) is 8. The summed E-state index contributed by atoms with van der Waals surface area (Å²) < 4.78 is 7.46. The summed E-state index contributed by atoms with van der Waals surface area (Å²) in [5, 5.41) is 35.3. The summed E-state index contributed by atoms with van der Waals surface area (Å²) in [6, 6.07) is 0.381. The van der Waals surface area contributed by atoms with Gasteiger partial charge in [0, 0.05) is 11.5 Å². The van der Waals surface area contributed by atoms with E-state index in [2.05, 4.69) is 20.3 Å². The third kappa shape index (κ3) is 1.90. The van der Waals surface area contributed by atoms with Crippen LogP contribution in [0.2, 0.25) is 0 Å². The van der Waals surface area contributed by atoms with Gasteiger partial charge in [0.05, 0.1) is 12.9 Å². The van der Waals surface area contributed by atoms with E-state index in [1.807, 2.05) is 0 Å². The van der Waals surface area contributed by atoms with Crippen molar-refractivity contribution in [3.63, 3.8) is 0 Å². The van der Waals surface area contributed by atoms with E-state index in [0.29, 0.717) is 23.0 Å². The van der Waals surface area contributed by atoms with Crippen LogP contribution < -0.4 is 5.32 Å². The van der Waals surface area contributed by atoms with Crippen molar-refractivity contribution in [3.8, 4) is 0 Å². The molecule has 2 aliphatic carbocycles. The van der Waals surface area contributed by atoms with Crippen molar-refractivity contribution in [1.29, 1.82) is 0 Å². The van der Waals surface area contributed by atoms with E-state index in [4.69, 9.17) is 4.74 Å². The molecule has 27 heavy (non-hydrogen) atoms. The predicted octanol–water partition coefficient (Wildman–Crippen LogP) is 0.572. The van der Waals surface area contributed by atoms with Gasteiger partial charge in [-0.15, -0.1) is 0 Å². The highest BCUT2D eigenvalue weighted by atomic mass is 16.6. The minimum absolute atomic E-state index is 0.380. The summed E-state index contributed by atoms with van der Waals surface area (Å²) in [6.07, 6.45) is 5.88. The second-order valence-corrected chi connectivity index (χ2v) is 8.49. The number of nitrogens with one attached hydrogen (secondary N) is 1.